The molecule has 6 nitrogen and oxygen atoms in total. The van der Waals surface area contributed by atoms with Crippen molar-refractivity contribution in [2.45, 2.75) is 32.2 Å². The molecule has 26 heavy (non-hydrogen) atoms. The number of aromatic nitrogens is 1. The predicted octanol–water partition coefficient (Wildman–Crippen LogP) is 3.44. The SMILES string of the molecule is CCCOc1ccc(-c2nc(C(=O)NC(CC(F)F)C(=O)O)cs2)cc1. The van der Waals surface area contributed by atoms with Gasteiger partial charge in [0, 0.05) is 17.4 Å². The van der Waals surface area contributed by atoms with Gasteiger partial charge >= 0.3 is 5.97 Å². The van der Waals surface area contributed by atoms with Crippen LogP contribution in [0.5, 0.6) is 5.75 Å². The summed E-state index contributed by atoms with van der Waals surface area (Å²) < 4.78 is 30.3. The van der Waals surface area contributed by atoms with E-state index < -0.39 is 30.8 Å². The van der Waals surface area contributed by atoms with Crippen LogP contribution in [-0.4, -0.2) is 41.0 Å². The van der Waals surface area contributed by atoms with Crippen LogP contribution in [0.15, 0.2) is 29.6 Å². The first-order chi connectivity index (χ1) is 12.4. The van der Waals surface area contributed by atoms with Gasteiger partial charge in [-0.05, 0) is 30.7 Å². The zero-order chi connectivity index (χ0) is 19.1. The standard InChI is InChI=1S/C17H18F2N2O4S/c1-2-7-25-11-5-3-10(4-6-11)16-21-13(9-26-16)15(22)20-12(17(23)24)8-14(18)19/h3-6,9,12,14H,2,7-8H2,1H3,(H,20,22)(H,23,24). The van der Waals surface area contributed by atoms with Gasteiger partial charge in [-0.15, -0.1) is 11.3 Å². The maximum atomic E-state index is 12.4. The van der Waals surface area contributed by atoms with E-state index in [1.165, 1.54) is 16.7 Å². The van der Waals surface area contributed by atoms with Crippen LogP contribution in [0.2, 0.25) is 0 Å². The van der Waals surface area contributed by atoms with Crippen LogP contribution in [0.1, 0.15) is 30.3 Å². The largest absolute Gasteiger partial charge is 0.494 e. The van der Waals surface area contributed by atoms with Crippen LogP contribution in [0.25, 0.3) is 10.6 Å². The van der Waals surface area contributed by atoms with Crippen molar-refractivity contribution >= 4 is 23.2 Å². The number of ether oxygens (including phenoxy) is 1. The van der Waals surface area contributed by atoms with Gasteiger partial charge in [0.1, 0.15) is 22.5 Å². The lowest BCUT2D eigenvalue weighted by Gasteiger charge is -2.12. The van der Waals surface area contributed by atoms with E-state index >= 15 is 0 Å². The van der Waals surface area contributed by atoms with Crippen molar-refractivity contribution in [2.75, 3.05) is 6.61 Å². The molecule has 0 aliphatic heterocycles. The van der Waals surface area contributed by atoms with E-state index in [0.717, 1.165) is 17.7 Å². The summed E-state index contributed by atoms with van der Waals surface area (Å²) in [5.41, 5.74) is 0.747. The molecule has 0 aliphatic rings. The summed E-state index contributed by atoms with van der Waals surface area (Å²) in [4.78, 5) is 27.2. The number of rotatable bonds is 9. The molecule has 1 aromatic heterocycles. The van der Waals surface area contributed by atoms with Crippen LogP contribution in [0, 0.1) is 0 Å². The molecule has 0 aliphatic carbocycles. The van der Waals surface area contributed by atoms with Crippen molar-refractivity contribution in [3.8, 4) is 16.3 Å². The Kier molecular flexibility index (Phi) is 7.02. The first kappa shape index (κ1) is 19.8. The van der Waals surface area contributed by atoms with Gasteiger partial charge in [-0.1, -0.05) is 6.92 Å². The van der Waals surface area contributed by atoms with E-state index in [1.54, 1.807) is 24.3 Å². The Balaban J connectivity index is 2.06. The van der Waals surface area contributed by atoms with E-state index in [2.05, 4.69) is 10.3 Å². The second-order valence-corrected chi connectivity index (χ2v) is 6.26. The van der Waals surface area contributed by atoms with Gasteiger partial charge in [0.25, 0.3) is 5.91 Å². The quantitative estimate of drug-likeness (QED) is 0.691. The molecule has 1 heterocycles. The maximum absolute atomic E-state index is 12.4. The molecule has 0 saturated heterocycles. The van der Waals surface area contributed by atoms with Gasteiger partial charge < -0.3 is 15.2 Å². The number of carboxylic acid groups (broad SMARTS) is 1. The number of nitrogens with one attached hydrogen (secondary N) is 1. The molecule has 1 unspecified atom stereocenters. The molecule has 0 saturated carbocycles. The number of nitrogens with zero attached hydrogens (tertiary/aromatic N) is 1. The topological polar surface area (TPSA) is 88.5 Å². The number of alkyl halides is 2. The fourth-order valence-corrected chi connectivity index (χ4v) is 2.86. The second-order valence-electron chi connectivity index (χ2n) is 5.40. The Bertz CT molecular complexity index is 749. The minimum atomic E-state index is -2.84. The minimum Gasteiger partial charge on any atom is -0.494 e. The van der Waals surface area contributed by atoms with Crippen LogP contribution in [0.3, 0.4) is 0 Å². The normalized spacial score (nSPS) is 12.0. The number of hydrogen-bond acceptors (Lipinski definition) is 5. The lowest BCUT2D eigenvalue weighted by Crippen LogP contribution is -2.42. The van der Waals surface area contributed by atoms with Crippen molar-refractivity contribution < 1.29 is 28.2 Å². The minimum absolute atomic E-state index is 0.0168. The zero-order valence-electron chi connectivity index (χ0n) is 13.9. The summed E-state index contributed by atoms with van der Waals surface area (Å²) in [6.45, 7) is 2.62. The van der Waals surface area contributed by atoms with Gasteiger partial charge in [-0.2, -0.15) is 0 Å². The molecule has 9 heteroatoms. The van der Waals surface area contributed by atoms with Crippen LogP contribution in [0.4, 0.5) is 8.78 Å². The molecule has 1 amide bonds. The molecule has 0 radical (unpaired) electrons. The molecule has 0 spiro atoms. The van der Waals surface area contributed by atoms with E-state index in [9.17, 15) is 18.4 Å². The van der Waals surface area contributed by atoms with Gasteiger partial charge in [0.2, 0.25) is 6.43 Å². The van der Waals surface area contributed by atoms with Crippen LogP contribution >= 0.6 is 11.3 Å². The summed E-state index contributed by atoms with van der Waals surface area (Å²) in [6.07, 6.45) is -2.90. The molecule has 0 fully saturated rings. The van der Waals surface area contributed by atoms with E-state index in [1.807, 2.05) is 6.92 Å². The monoisotopic (exact) mass is 384 g/mol. The van der Waals surface area contributed by atoms with Crippen LogP contribution in [-0.2, 0) is 4.79 Å². The molecular formula is C17H18F2N2O4S. The van der Waals surface area contributed by atoms with Crippen LogP contribution < -0.4 is 10.1 Å². The van der Waals surface area contributed by atoms with E-state index in [-0.39, 0.29) is 5.69 Å². The summed E-state index contributed by atoms with van der Waals surface area (Å²) in [7, 11) is 0. The zero-order valence-corrected chi connectivity index (χ0v) is 14.8. The number of benzene rings is 1. The molecule has 2 aromatic rings. The smallest absolute Gasteiger partial charge is 0.326 e. The lowest BCUT2D eigenvalue weighted by atomic mass is 10.2. The van der Waals surface area contributed by atoms with Gasteiger partial charge in [0.05, 0.1) is 6.61 Å². The van der Waals surface area contributed by atoms with Gasteiger partial charge in [-0.3, -0.25) is 4.79 Å². The molecule has 140 valence electrons. The Labute approximate surface area is 152 Å². The third-order valence-corrected chi connectivity index (χ3v) is 4.22. The van der Waals surface area contributed by atoms with Crippen molar-refractivity contribution in [1.82, 2.24) is 10.3 Å². The van der Waals surface area contributed by atoms with Crippen molar-refractivity contribution in [3.63, 3.8) is 0 Å². The van der Waals surface area contributed by atoms with Gasteiger partial charge in [0.15, 0.2) is 0 Å². The molecule has 2 N–H and O–H groups in total. The molecular weight excluding hydrogens is 366 g/mol. The highest BCUT2D eigenvalue weighted by Crippen LogP contribution is 2.26. The number of amides is 1. The van der Waals surface area contributed by atoms with E-state index in [4.69, 9.17) is 9.84 Å². The first-order valence-corrected chi connectivity index (χ1v) is 8.79. The van der Waals surface area contributed by atoms with Gasteiger partial charge in [-0.25, -0.2) is 18.6 Å². The Morgan fingerprint density at radius 1 is 1.31 bits per heavy atom. The number of carbonyl (C=O) groups is 2. The molecule has 1 aromatic carbocycles. The third-order valence-electron chi connectivity index (χ3n) is 3.33. The predicted molar refractivity (Wildman–Crippen MR) is 92.8 cm³/mol. The van der Waals surface area contributed by atoms with Crippen molar-refractivity contribution in [1.29, 1.82) is 0 Å². The average Bonchev–Trinajstić information content (AvgIpc) is 3.09. The maximum Gasteiger partial charge on any atom is 0.326 e. The number of halogens is 2. The Morgan fingerprint density at radius 3 is 2.58 bits per heavy atom. The third kappa shape index (κ3) is 5.48. The van der Waals surface area contributed by atoms with E-state index in [0.29, 0.717) is 11.6 Å². The highest BCUT2D eigenvalue weighted by atomic mass is 32.1. The second kappa shape index (κ2) is 9.23. The lowest BCUT2D eigenvalue weighted by molar-refractivity contribution is -0.140. The fourth-order valence-electron chi connectivity index (χ4n) is 2.06. The molecule has 0 bridgehead atoms. The van der Waals surface area contributed by atoms with Crippen molar-refractivity contribution in [2.24, 2.45) is 0 Å². The highest BCUT2D eigenvalue weighted by Gasteiger charge is 2.25. The number of aliphatic carboxylic acids is 1. The molecule has 2 rings (SSSR count). The fraction of sp³-hybridized carbons (Fsp3) is 0.353. The number of thiazole rings is 1. The summed E-state index contributed by atoms with van der Waals surface area (Å²) in [5.74, 6) is -1.60. The summed E-state index contributed by atoms with van der Waals surface area (Å²) >= 11 is 1.20. The number of carbonyl (C=O) groups excluding carboxylic acids is 1. The number of hydrogen-bond donors (Lipinski definition) is 2. The average molecular weight is 384 g/mol. The molecule has 1 atom stereocenters. The summed E-state index contributed by atoms with van der Waals surface area (Å²) in [6, 6.07) is 5.50. The highest BCUT2D eigenvalue weighted by molar-refractivity contribution is 7.13. The Morgan fingerprint density at radius 2 is 2.00 bits per heavy atom. The van der Waals surface area contributed by atoms with Crippen molar-refractivity contribution in [3.05, 3.63) is 35.3 Å². The summed E-state index contributed by atoms with van der Waals surface area (Å²) in [5, 5.41) is 13.0. The number of carboxylic acids is 1. The first-order valence-electron chi connectivity index (χ1n) is 7.91. The Hall–Kier alpha value is -2.55.